The van der Waals surface area contributed by atoms with E-state index in [4.69, 9.17) is 4.74 Å². The van der Waals surface area contributed by atoms with E-state index in [2.05, 4.69) is 27.5 Å². The number of hydrogen-bond donors (Lipinski definition) is 2. The average Bonchev–Trinajstić information content (AvgIpc) is 2.53. The Labute approximate surface area is 144 Å². The van der Waals surface area contributed by atoms with Crippen molar-refractivity contribution in [3.8, 4) is 0 Å². The fraction of sp³-hybridized carbons (Fsp3) is 0.722. The first-order valence-corrected chi connectivity index (χ1v) is 8.84. The van der Waals surface area contributed by atoms with E-state index in [1.165, 1.54) is 12.8 Å². The molecule has 0 saturated heterocycles. The molecule has 24 heavy (non-hydrogen) atoms. The highest BCUT2D eigenvalue weighted by molar-refractivity contribution is 5.67. The van der Waals surface area contributed by atoms with Gasteiger partial charge in [-0.15, -0.1) is 0 Å². The summed E-state index contributed by atoms with van der Waals surface area (Å²) in [6.45, 7) is 8.37. The zero-order valence-corrected chi connectivity index (χ0v) is 15.2. The Balaban J connectivity index is 1.87. The van der Waals surface area contributed by atoms with Gasteiger partial charge in [-0.25, -0.2) is 4.79 Å². The van der Waals surface area contributed by atoms with E-state index in [1.807, 2.05) is 20.8 Å². The van der Waals surface area contributed by atoms with E-state index in [9.17, 15) is 4.79 Å². The van der Waals surface area contributed by atoms with E-state index in [-0.39, 0.29) is 12.1 Å². The molecule has 0 radical (unpaired) electrons. The molecule has 0 spiro atoms. The van der Waals surface area contributed by atoms with Gasteiger partial charge in [0, 0.05) is 37.2 Å². The highest BCUT2D eigenvalue weighted by Gasteiger charge is 2.27. The first-order valence-electron chi connectivity index (χ1n) is 8.84. The van der Waals surface area contributed by atoms with Crippen LogP contribution in [0.1, 0.15) is 65.1 Å². The Kier molecular flexibility index (Phi) is 6.54. The van der Waals surface area contributed by atoms with Gasteiger partial charge in [-0.05, 0) is 46.5 Å². The van der Waals surface area contributed by atoms with Crippen LogP contribution in [-0.2, 0) is 4.74 Å². The Hall–Kier alpha value is -1.69. The molecule has 1 fully saturated rings. The van der Waals surface area contributed by atoms with E-state index in [1.54, 1.807) is 18.6 Å². The minimum atomic E-state index is -0.463. The highest BCUT2D eigenvalue weighted by Crippen LogP contribution is 2.26. The SMILES string of the molecule is CC(NC1CCCCC1CNC(=O)OC(C)(C)C)c1cnccn1. The number of carbonyl (C=O) groups is 1. The monoisotopic (exact) mass is 334 g/mol. The molecule has 0 bridgehead atoms. The Morgan fingerprint density at radius 1 is 1.33 bits per heavy atom. The smallest absolute Gasteiger partial charge is 0.407 e. The normalized spacial score (nSPS) is 22.7. The summed E-state index contributed by atoms with van der Waals surface area (Å²) in [5.74, 6) is 0.408. The maximum Gasteiger partial charge on any atom is 0.407 e. The summed E-state index contributed by atoms with van der Waals surface area (Å²) < 4.78 is 5.33. The van der Waals surface area contributed by atoms with E-state index < -0.39 is 5.60 Å². The fourth-order valence-corrected chi connectivity index (χ4v) is 3.14. The van der Waals surface area contributed by atoms with Gasteiger partial charge in [0.1, 0.15) is 5.60 Å². The van der Waals surface area contributed by atoms with Crippen molar-refractivity contribution < 1.29 is 9.53 Å². The fourth-order valence-electron chi connectivity index (χ4n) is 3.14. The van der Waals surface area contributed by atoms with Gasteiger partial charge in [-0.3, -0.25) is 9.97 Å². The highest BCUT2D eigenvalue weighted by atomic mass is 16.6. The van der Waals surface area contributed by atoms with Crippen LogP contribution in [0.4, 0.5) is 4.79 Å². The predicted octanol–water partition coefficient (Wildman–Crippen LogP) is 3.21. The first-order chi connectivity index (χ1) is 11.3. The second-order valence-electron chi connectivity index (χ2n) is 7.55. The van der Waals surface area contributed by atoms with Crippen molar-refractivity contribution in [3.05, 3.63) is 24.3 Å². The summed E-state index contributed by atoms with van der Waals surface area (Å²) >= 11 is 0. The number of alkyl carbamates (subject to hydrolysis) is 1. The second-order valence-corrected chi connectivity index (χ2v) is 7.55. The van der Waals surface area contributed by atoms with Gasteiger partial charge in [-0.2, -0.15) is 0 Å². The Bertz CT molecular complexity index is 516. The standard InChI is InChI=1S/C18H30N4O2/c1-13(16-12-19-9-10-20-16)22-15-8-6-5-7-14(15)11-21-17(23)24-18(2,3)4/h9-10,12-15,22H,5-8,11H2,1-4H3,(H,21,23). The molecule has 1 saturated carbocycles. The average molecular weight is 334 g/mol. The molecule has 1 amide bonds. The second kappa shape index (κ2) is 8.42. The molecule has 1 aromatic rings. The van der Waals surface area contributed by atoms with Gasteiger partial charge in [0.05, 0.1) is 5.69 Å². The van der Waals surface area contributed by atoms with Gasteiger partial charge in [0.25, 0.3) is 0 Å². The summed E-state index contributed by atoms with van der Waals surface area (Å²) in [6.07, 6.45) is 9.51. The maximum absolute atomic E-state index is 11.9. The molecule has 6 heteroatoms. The molecule has 0 aliphatic heterocycles. The number of aromatic nitrogens is 2. The summed E-state index contributed by atoms with van der Waals surface area (Å²) in [5, 5.41) is 6.59. The molecule has 2 N–H and O–H groups in total. The molecule has 3 unspecified atom stereocenters. The maximum atomic E-state index is 11.9. The molecule has 1 aliphatic carbocycles. The van der Waals surface area contributed by atoms with Gasteiger partial charge in [-0.1, -0.05) is 12.8 Å². The number of hydrogen-bond acceptors (Lipinski definition) is 5. The van der Waals surface area contributed by atoms with Crippen molar-refractivity contribution in [3.63, 3.8) is 0 Å². The van der Waals surface area contributed by atoms with Crippen LogP contribution >= 0.6 is 0 Å². The van der Waals surface area contributed by atoms with Crippen LogP contribution in [0.15, 0.2) is 18.6 Å². The molecular weight excluding hydrogens is 304 g/mol. The van der Waals surface area contributed by atoms with Crippen LogP contribution in [-0.4, -0.2) is 34.2 Å². The molecule has 0 aromatic carbocycles. The van der Waals surface area contributed by atoms with Crippen molar-refractivity contribution in [1.82, 2.24) is 20.6 Å². The van der Waals surface area contributed by atoms with Crippen LogP contribution in [0, 0.1) is 5.92 Å². The number of ether oxygens (including phenoxy) is 1. The lowest BCUT2D eigenvalue weighted by atomic mass is 9.84. The lowest BCUT2D eigenvalue weighted by Gasteiger charge is -2.34. The van der Waals surface area contributed by atoms with Crippen molar-refractivity contribution in [2.24, 2.45) is 5.92 Å². The minimum absolute atomic E-state index is 0.144. The van der Waals surface area contributed by atoms with Crippen molar-refractivity contribution >= 4 is 6.09 Å². The molecule has 2 rings (SSSR count). The molecule has 134 valence electrons. The van der Waals surface area contributed by atoms with Crippen LogP contribution in [0.3, 0.4) is 0 Å². The summed E-state index contributed by atoms with van der Waals surface area (Å²) in [7, 11) is 0. The topological polar surface area (TPSA) is 76.1 Å². The Morgan fingerprint density at radius 3 is 2.75 bits per heavy atom. The van der Waals surface area contributed by atoms with Crippen LogP contribution < -0.4 is 10.6 Å². The lowest BCUT2D eigenvalue weighted by Crippen LogP contribution is -2.45. The zero-order valence-electron chi connectivity index (χ0n) is 15.2. The number of rotatable bonds is 5. The zero-order chi connectivity index (χ0) is 17.6. The number of nitrogens with one attached hydrogen (secondary N) is 2. The Morgan fingerprint density at radius 2 is 2.08 bits per heavy atom. The number of carbonyl (C=O) groups excluding carboxylic acids is 1. The molecule has 1 aromatic heterocycles. The van der Waals surface area contributed by atoms with Crippen LogP contribution in [0.5, 0.6) is 0 Å². The van der Waals surface area contributed by atoms with Gasteiger partial charge >= 0.3 is 6.09 Å². The quantitative estimate of drug-likeness (QED) is 0.865. The van der Waals surface area contributed by atoms with E-state index in [0.717, 1.165) is 18.5 Å². The van der Waals surface area contributed by atoms with Crippen LogP contribution in [0.25, 0.3) is 0 Å². The predicted molar refractivity (Wildman–Crippen MR) is 93.6 cm³/mol. The number of amides is 1. The minimum Gasteiger partial charge on any atom is -0.444 e. The van der Waals surface area contributed by atoms with Crippen molar-refractivity contribution in [2.75, 3.05) is 6.54 Å². The molecular formula is C18H30N4O2. The first kappa shape index (κ1) is 18.6. The molecule has 6 nitrogen and oxygen atoms in total. The molecule has 3 atom stereocenters. The summed E-state index contributed by atoms with van der Waals surface area (Å²) in [5.41, 5.74) is 0.483. The van der Waals surface area contributed by atoms with Gasteiger partial charge in [0.15, 0.2) is 0 Å². The number of nitrogens with zero attached hydrogens (tertiary/aromatic N) is 2. The third kappa shape index (κ3) is 6.07. The van der Waals surface area contributed by atoms with Crippen LogP contribution in [0.2, 0.25) is 0 Å². The van der Waals surface area contributed by atoms with Crippen molar-refractivity contribution in [2.45, 2.75) is 71.1 Å². The van der Waals surface area contributed by atoms with Gasteiger partial charge in [0.2, 0.25) is 0 Å². The largest absolute Gasteiger partial charge is 0.444 e. The molecule has 1 aliphatic rings. The third-order valence-corrected chi connectivity index (χ3v) is 4.31. The summed E-state index contributed by atoms with van der Waals surface area (Å²) in [6, 6.07) is 0.511. The third-order valence-electron chi connectivity index (χ3n) is 4.31. The van der Waals surface area contributed by atoms with E-state index in [0.29, 0.717) is 18.5 Å². The van der Waals surface area contributed by atoms with Gasteiger partial charge < -0.3 is 15.4 Å². The molecule has 1 heterocycles. The van der Waals surface area contributed by atoms with Crippen molar-refractivity contribution in [1.29, 1.82) is 0 Å². The summed E-state index contributed by atoms with van der Waals surface area (Å²) in [4.78, 5) is 20.4. The van der Waals surface area contributed by atoms with E-state index >= 15 is 0 Å². The lowest BCUT2D eigenvalue weighted by molar-refractivity contribution is 0.0510.